The van der Waals surface area contributed by atoms with Crippen LogP contribution in [0.5, 0.6) is 5.75 Å². The number of fused-ring (bicyclic) bond motifs is 1. The Balaban J connectivity index is 1.37. The molecule has 0 N–H and O–H groups in total. The maximum atomic E-state index is 14.7. The van der Waals surface area contributed by atoms with Crippen LogP contribution < -0.4 is 15.2 Å². The van der Waals surface area contributed by atoms with Crippen molar-refractivity contribution in [2.45, 2.75) is 26.2 Å². The number of amides is 1. The molecule has 7 nitrogen and oxygen atoms in total. The first-order chi connectivity index (χ1) is 15.5. The Kier molecular flexibility index (Phi) is 5.69. The van der Waals surface area contributed by atoms with Gasteiger partial charge in [-0.2, -0.15) is 0 Å². The average molecular weight is 457 g/mol. The predicted octanol–water partition coefficient (Wildman–Crippen LogP) is 3.43. The molecule has 168 valence electrons. The molecule has 32 heavy (non-hydrogen) atoms. The van der Waals surface area contributed by atoms with E-state index in [4.69, 9.17) is 4.74 Å². The number of likely N-dealkylation sites (tertiary alicyclic amines) is 1. The van der Waals surface area contributed by atoms with Crippen LogP contribution in [0.3, 0.4) is 0 Å². The molecule has 4 heterocycles. The molecule has 0 bridgehead atoms. The van der Waals surface area contributed by atoms with Crippen molar-refractivity contribution >= 4 is 32.5 Å². The van der Waals surface area contributed by atoms with Crippen molar-refractivity contribution in [2.75, 3.05) is 37.7 Å². The number of benzene rings is 1. The number of carbonyl (C=O) groups excluding carboxylic acids is 1. The van der Waals surface area contributed by atoms with E-state index in [1.807, 2.05) is 6.92 Å². The molecule has 3 aromatic rings. The summed E-state index contributed by atoms with van der Waals surface area (Å²) in [6.07, 6.45) is 4.61. The molecule has 1 amide bonds. The molecular formula is C23H25FN4O3S. The standard InChI is InChI=1S/C23H25FN4O3S/c1-15-6-9-27(22(15)29)20-13-18-21(32-20)23(30)28(14-25-18)16-4-5-19(17(24)12-16)31-11-10-26-7-2-3-8-26/h4-5,12-15H,2-3,6-11H2,1H3. The fourth-order valence-electron chi connectivity index (χ4n) is 4.31. The van der Waals surface area contributed by atoms with Crippen molar-refractivity contribution < 1.29 is 13.9 Å². The smallest absolute Gasteiger partial charge is 0.275 e. The van der Waals surface area contributed by atoms with Gasteiger partial charge in [-0.3, -0.25) is 19.1 Å². The van der Waals surface area contributed by atoms with E-state index in [1.54, 1.807) is 23.1 Å². The Morgan fingerprint density at radius 1 is 1.19 bits per heavy atom. The Bertz CT molecular complexity index is 1220. The number of carbonyl (C=O) groups is 1. The number of hydrogen-bond acceptors (Lipinski definition) is 6. The molecule has 9 heteroatoms. The summed E-state index contributed by atoms with van der Waals surface area (Å²) in [7, 11) is 0. The lowest BCUT2D eigenvalue weighted by Gasteiger charge is -2.15. The maximum absolute atomic E-state index is 14.7. The molecule has 2 aromatic heterocycles. The zero-order valence-corrected chi connectivity index (χ0v) is 18.7. The Labute approximate surface area is 189 Å². The normalized spacial score (nSPS) is 19.4. The van der Waals surface area contributed by atoms with Gasteiger partial charge in [-0.15, -0.1) is 11.3 Å². The van der Waals surface area contributed by atoms with Gasteiger partial charge in [0, 0.05) is 25.1 Å². The second-order valence-corrected chi connectivity index (χ2v) is 9.44. The zero-order chi connectivity index (χ0) is 22.2. The lowest BCUT2D eigenvalue weighted by molar-refractivity contribution is -0.119. The molecule has 0 radical (unpaired) electrons. The number of ether oxygens (including phenoxy) is 1. The van der Waals surface area contributed by atoms with Crippen molar-refractivity contribution in [1.82, 2.24) is 14.5 Å². The van der Waals surface area contributed by atoms with Crippen LogP contribution in [-0.2, 0) is 4.79 Å². The van der Waals surface area contributed by atoms with Crippen molar-refractivity contribution in [1.29, 1.82) is 0 Å². The van der Waals surface area contributed by atoms with Crippen LogP contribution in [-0.4, -0.2) is 53.1 Å². The average Bonchev–Trinajstić information content (AvgIpc) is 3.51. The highest BCUT2D eigenvalue weighted by atomic mass is 32.1. The van der Waals surface area contributed by atoms with E-state index >= 15 is 0 Å². The van der Waals surface area contributed by atoms with Crippen LogP contribution in [0.1, 0.15) is 26.2 Å². The van der Waals surface area contributed by atoms with Gasteiger partial charge in [0.2, 0.25) is 5.91 Å². The highest BCUT2D eigenvalue weighted by Gasteiger charge is 2.30. The predicted molar refractivity (Wildman–Crippen MR) is 122 cm³/mol. The van der Waals surface area contributed by atoms with Gasteiger partial charge in [-0.1, -0.05) is 6.92 Å². The van der Waals surface area contributed by atoms with Gasteiger partial charge in [0.1, 0.15) is 22.6 Å². The summed E-state index contributed by atoms with van der Waals surface area (Å²) in [5.74, 6) is -0.280. The minimum atomic E-state index is -0.514. The SMILES string of the molecule is CC1CCN(c2cc3ncn(-c4ccc(OCCN5CCCC5)c(F)c4)c(=O)c3s2)C1=O. The molecule has 0 aliphatic carbocycles. The summed E-state index contributed by atoms with van der Waals surface area (Å²) < 4.78 is 22.0. The van der Waals surface area contributed by atoms with Gasteiger partial charge in [0.15, 0.2) is 11.6 Å². The van der Waals surface area contributed by atoms with E-state index in [1.165, 1.54) is 41.1 Å². The van der Waals surface area contributed by atoms with E-state index < -0.39 is 5.82 Å². The molecule has 2 aliphatic rings. The first-order valence-electron chi connectivity index (χ1n) is 11.0. The lowest BCUT2D eigenvalue weighted by Crippen LogP contribution is -2.25. The van der Waals surface area contributed by atoms with Crippen LogP contribution in [0.4, 0.5) is 9.39 Å². The summed E-state index contributed by atoms with van der Waals surface area (Å²) in [6.45, 7) is 5.90. The highest BCUT2D eigenvalue weighted by Crippen LogP contribution is 2.33. The third kappa shape index (κ3) is 3.91. The van der Waals surface area contributed by atoms with Crippen molar-refractivity contribution in [3.05, 3.63) is 46.8 Å². The fraction of sp³-hybridized carbons (Fsp3) is 0.435. The number of hydrogen-bond donors (Lipinski definition) is 0. The lowest BCUT2D eigenvalue weighted by atomic mass is 10.1. The molecule has 1 aromatic carbocycles. The van der Waals surface area contributed by atoms with Crippen LogP contribution in [0.15, 0.2) is 35.4 Å². The van der Waals surface area contributed by atoms with E-state index in [0.717, 1.165) is 31.1 Å². The first-order valence-corrected chi connectivity index (χ1v) is 11.8. The van der Waals surface area contributed by atoms with Crippen LogP contribution in [0.25, 0.3) is 15.9 Å². The number of anilines is 1. The number of halogens is 1. The number of thiophene rings is 1. The third-order valence-corrected chi connectivity index (χ3v) is 7.36. The van der Waals surface area contributed by atoms with Crippen LogP contribution in [0.2, 0.25) is 0 Å². The zero-order valence-electron chi connectivity index (χ0n) is 17.9. The summed E-state index contributed by atoms with van der Waals surface area (Å²) >= 11 is 1.25. The fourth-order valence-corrected chi connectivity index (χ4v) is 5.38. The second kappa shape index (κ2) is 8.63. The Morgan fingerprint density at radius 3 is 2.72 bits per heavy atom. The first kappa shape index (κ1) is 21.1. The van der Waals surface area contributed by atoms with E-state index in [0.29, 0.717) is 29.1 Å². The third-order valence-electron chi connectivity index (χ3n) is 6.22. The summed E-state index contributed by atoms with van der Waals surface area (Å²) in [5.41, 5.74) is 0.642. The van der Waals surface area contributed by atoms with Crippen molar-refractivity contribution in [2.24, 2.45) is 5.92 Å². The molecule has 2 fully saturated rings. The van der Waals surface area contributed by atoms with Gasteiger partial charge in [0.25, 0.3) is 5.56 Å². The van der Waals surface area contributed by atoms with Crippen LogP contribution in [0, 0.1) is 11.7 Å². The minimum absolute atomic E-state index is 0.0103. The topological polar surface area (TPSA) is 67.7 Å². The molecule has 0 saturated carbocycles. The molecule has 5 rings (SSSR count). The van der Waals surface area contributed by atoms with Gasteiger partial charge < -0.3 is 9.64 Å². The number of rotatable bonds is 6. The Hall–Kier alpha value is -2.78. The molecular weight excluding hydrogens is 431 g/mol. The molecule has 0 spiro atoms. The monoisotopic (exact) mass is 456 g/mol. The molecule has 2 saturated heterocycles. The van der Waals surface area contributed by atoms with E-state index in [9.17, 15) is 14.0 Å². The van der Waals surface area contributed by atoms with Gasteiger partial charge in [0.05, 0.1) is 11.2 Å². The second-order valence-electron chi connectivity index (χ2n) is 8.41. The van der Waals surface area contributed by atoms with Gasteiger partial charge >= 0.3 is 0 Å². The van der Waals surface area contributed by atoms with E-state index in [-0.39, 0.29) is 23.1 Å². The molecule has 1 unspecified atom stereocenters. The molecule has 1 atom stereocenters. The van der Waals surface area contributed by atoms with Crippen molar-refractivity contribution in [3.63, 3.8) is 0 Å². The number of nitrogens with zero attached hydrogens (tertiary/aromatic N) is 4. The summed E-state index contributed by atoms with van der Waals surface area (Å²) in [6, 6.07) is 6.28. The minimum Gasteiger partial charge on any atom is -0.489 e. The van der Waals surface area contributed by atoms with Gasteiger partial charge in [-0.25, -0.2) is 9.37 Å². The van der Waals surface area contributed by atoms with E-state index in [2.05, 4.69) is 9.88 Å². The quantitative estimate of drug-likeness (QED) is 0.569. The summed E-state index contributed by atoms with van der Waals surface area (Å²) in [4.78, 5) is 33.8. The number of aromatic nitrogens is 2. The maximum Gasteiger partial charge on any atom is 0.275 e. The van der Waals surface area contributed by atoms with Gasteiger partial charge in [-0.05, 0) is 50.6 Å². The molecule has 2 aliphatic heterocycles. The van der Waals surface area contributed by atoms with Crippen LogP contribution >= 0.6 is 11.3 Å². The van der Waals surface area contributed by atoms with Crippen molar-refractivity contribution in [3.8, 4) is 11.4 Å². The highest BCUT2D eigenvalue weighted by molar-refractivity contribution is 7.22. The Morgan fingerprint density at radius 2 is 2.00 bits per heavy atom. The largest absolute Gasteiger partial charge is 0.489 e. The summed E-state index contributed by atoms with van der Waals surface area (Å²) in [5, 5.41) is 0.727.